The average molecular weight is 321 g/mol. The number of benzene rings is 2. The van der Waals surface area contributed by atoms with Crippen LogP contribution < -0.4 is 9.47 Å². The van der Waals surface area contributed by atoms with E-state index in [2.05, 4.69) is 29.8 Å². The largest absolute Gasteiger partial charge is 0.496 e. The van der Waals surface area contributed by atoms with E-state index in [1.165, 1.54) is 11.1 Å². The van der Waals surface area contributed by atoms with Gasteiger partial charge in [0, 0.05) is 10.0 Å². The van der Waals surface area contributed by atoms with E-state index in [0.29, 0.717) is 6.61 Å². The Morgan fingerprint density at radius 3 is 2.32 bits per heavy atom. The van der Waals surface area contributed by atoms with Crippen LogP contribution in [0.25, 0.3) is 0 Å². The van der Waals surface area contributed by atoms with Crippen molar-refractivity contribution >= 4 is 15.9 Å². The highest BCUT2D eigenvalue weighted by Crippen LogP contribution is 2.27. The quantitative estimate of drug-likeness (QED) is 0.816. The summed E-state index contributed by atoms with van der Waals surface area (Å²) in [6.07, 6.45) is 0. The van der Waals surface area contributed by atoms with Gasteiger partial charge in [-0.05, 0) is 43.2 Å². The third-order valence-corrected chi connectivity index (χ3v) is 4.25. The van der Waals surface area contributed by atoms with Gasteiger partial charge in [0.05, 0.1) is 7.11 Å². The molecule has 0 saturated carbocycles. The van der Waals surface area contributed by atoms with E-state index in [4.69, 9.17) is 9.47 Å². The summed E-state index contributed by atoms with van der Waals surface area (Å²) in [6.45, 7) is 4.63. The molecule has 2 aromatic rings. The molecule has 100 valence electrons. The van der Waals surface area contributed by atoms with Crippen molar-refractivity contribution in [2.45, 2.75) is 20.5 Å². The second-order valence-electron chi connectivity index (χ2n) is 4.47. The molecule has 19 heavy (non-hydrogen) atoms. The summed E-state index contributed by atoms with van der Waals surface area (Å²) in [5.74, 6) is 1.73. The van der Waals surface area contributed by atoms with Crippen molar-refractivity contribution < 1.29 is 9.47 Å². The van der Waals surface area contributed by atoms with E-state index in [0.717, 1.165) is 21.5 Å². The Bertz CT molecular complexity index is 556. The molecule has 0 saturated heterocycles. The van der Waals surface area contributed by atoms with Crippen LogP contribution >= 0.6 is 15.9 Å². The van der Waals surface area contributed by atoms with E-state index in [1.54, 1.807) is 7.11 Å². The van der Waals surface area contributed by atoms with Crippen molar-refractivity contribution in [1.29, 1.82) is 0 Å². The summed E-state index contributed by atoms with van der Waals surface area (Å²) in [7, 11) is 1.67. The van der Waals surface area contributed by atoms with Crippen LogP contribution in [0.2, 0.25) is 0 Å². The SMILES string of the molecule is COc1ccccc1COc1cc(C)c(Br)c(C)c1. The lowest BCUT2D eigenvalue weighted by Gasteiger charge is -2.12. The molecule has 3 heteroatoms. The normalized spacial score (nSPS) is 10.3. The lowest BCUT2D eigenvalue weighted by molar-refractivity contribution is 0.296. The molecule has 2 nitrogen and oxygen atoms in total. The van der Waals surface area contributed by atoms with E-state index in [1.807, 2.05) is 36.4 Å². The topological polar surface area (TPSA) is 18.5 Å². The Balaban J connectivity index is 2.15. The van der Waals surface area contributed by atoms with Crippen molar-refractivity contribution in [1.82, 2.24) is 0 Å². The molecule has 0 aliphatic carbocycles. The van der Waals surface area contributed by atoms with Gasteiger partial charge in [-0.15, -0.1) is 0 Å². The second kappa shape index (κ2) is 6.11. The van der Waals surface area contributed by atoms with Crippen molar-refractivity contribution in [3.8, 4) is 11.5 Å². The fraction of sp³-hybridized carbons (Fsp3) is 0.250. The minimum absolute atomic E-state index is 0.504. The summed E-state index contributed by atoms with van der Waals surface area (Å²) in [5.41, 5.74) is 3.40. The summed E-state index contributed by atoms with van der Waals surface area (Å²) in [5, 5.41) is 0. The van der Waals surface area contributed by atoms with Gasteiger partial charge >= 0.3 is 0 Å². The average Bonchev–Trinajstić information content (AvgIpc) is 2.42. The van der Waals surface area contributed by atoms with Gasteiger partial charge in [-0.3, -0.25) is 0 Å². The molecule has 0 aromatic heterocycles. The molecule has 0 spiro atoms. The Hall–Kier alpha value is -1.48. The summed E-state index contributed by atoms with van der Waals surface area (Å²) < 4.78 is 12.3. The molecule has 0 radical (unpaired) electrons. The van der Waals surface area contributed by atoms with Crippen molar-refractivity contribution in [3.63, 3.8) is 0 Å². The Labute approximate surface area is 122 Å². The minimum Gasteiger partial charge on any atom is -0.496 e. The molecule has 0 bridgehead atoms. The summed E-state index contributed by atoms with van der Waals surface area (Å²) >= 11 is 3.56. The van der Waals surface area contributed by atoms with E-state index in [9.17, 15) is 0 Å². The van der Waals surface area contributed by atoms with Crippen LogP contribution in [0.3, 0.4) is 0 Å². The number of hydrogen-bond acceptors (Lipinski definition) is 2. The molecule has 0 N–H and O–H groups in total. The predicted molar refractivity (Wildman–Crippen MR) is 80.9 cm³/mol. The van der Waals surface area contributed by atoms with Gasteiger partial charge < -0.3 is 9.47 Å². The van der Waals surface area contributed by atoms with E-state index >= 15 is 0 Å². The molecular formula is C16H17BrO2. The summed E-state index contributed by atoms with van der Waals surface area (Å²) in [4.78, 5) is 0. The maximum absolute atomic E-state index is 5.85. The Morgan fingerprint density at radius 2 is 1.68 bits per heavy atom. The second-order valence-corrected chi connectivity index (χ2v) is 5.26. The van der Waals surface area contributed by atoms with Gasteiger partial charge in [0.1, 0.15) is 18.1 Å². The van der Waals surface area contributed by atoms with Gasteiger partial charge in [0.2, 0.25) is 0 Å². The molecule has 0 aliphatic heterocycles. The van der Waals surface area contributed by atoms with Gasteiger partial charge in [0.15, 0.2) is 0 Å². The Kier molecular flexibility index (Phi) is 4.48. The summed E-state index contributed by atoms with van der Waals surface area (Å²) in [6, 6.07) is 12.0. The van der Waals surface area contributed by atoms with Crippen LogP contribution in [0.5, 0.6) is 11.5 Å². The van der Waals surface area contributed by atoms with E-state index < -0.39 is 0 Å². The third kappa shape index (κ3) is 3.29. The van der Waals surface area contributed by atoms with Crippen LogP contribution in [0.15, 0.2) is 40.9 Å². The van der Waals surface area contributed by atoms with Crippen LogP contribution in [0, 0.1) is 13.8 Å². The van der Waals surface area contributed by atoms with Crippen LogP contribution in [0.1, 0.15) is 16.7 Å². The number of para-hydroxylation sites is 1. The van der Waals surface area contributed by atoms with Gasteiger partial charge in [-0.1, -0.05) is 34.1 Å². The van der Waals surface area contributed by atoms with E-state index in [-0.39, 0.29) is 0 Å². The number of rotatable bonds is 4. The number of ether oxygens (including phenoxy) is 2. The highest BCUT2D eigenvalue weighted by Gasteiger charge is 2.05. The molecular weight excluding hydrogens is 304 g/mol. The number of halogens is 1. The predicted octanol–water partition coefficient (Wildman–Crippen LogP) is 4.65. The number of hydrogen-bond donors (Lipinski definition) is 0. The maximum atomic E-state index is 5.85. The molecule has 2 aromatic carbocycles. The zero-order valence-corrected chi connectivity index (χ0v) is 13.0. The van der Waals surface area contributed by atoms with Gasteiger partial charge in [-0.25, -0.2) is 0 Å². The molecule has 2 rings (SSSR count). The third-order valence-electron chi connectivity index (χ3n) is 3.00. The first kappa shape index (κ1) is 13.9. The van der Waals surface area contributed by atoms with Crippen molar-refractivity contribution in [3.05, 3.63) is 57.6 Å². The first-order valence-corrected chi connectivity index (χ1v) is 6.92. The van der Waals surface area contributed by atoms with Crippen LogP contribution in [-0.2, 0) is 6.61 Å². The van der Waals surface area contributed by atoms with Gasteiger partial charge in [0.25, 0.3) is 0 Å². The zero-order chi connectivity index (χ0) is 13.8. The number of methoxy groups -OCH3 is 1. The zero-order valence-electron chi connectivity index (χ0n) is 11.4. The molecule has 0 amide bonds. The smallest absolute Gasteiger partial charge is 0.125 e. The number of aryl methyl sites for hydroxylation is 2. The highest BCUT2D eigenvalue weighted by molar-refractivity contribution is 9.10. The minimum atomic E-state index is 0.504. The highest BCUT2D eigenvalue weighted by atomic mass is 79.9. The lowest BCUT2D eigenvalue weighted by Crippen LogP contribution is -1.99. The fourth-order valence-electron chi connectivity index (χ4n) is 1.97. The van der Waals surface area contributed by atoms with Gasteiger partial charge in [-0.2, -0.15) is 0 Å². The molecule has 0 aliphatic rings. The molecule has 0 unspecified atom stereocenters. The first-order chi connectivity index (χ1) is 9.11. The molecule has 0 atom stereocenters. The van der Waals surface area contributed by atoms with Crippen LogP contribution in [-0.4, -0.2) is 7.11 Å². The molecule has 0 fully saturated rings. The van der Waals surface area contributed by atoms with Crippen molar-refractivity contribution in [2.24, 2.45) is 0 Å². The lowest BCUT2D eigenvalue weighted by atomic mass is 10.1. The van der Waals surface area contributed by atoms with Crippen molar-refractivity contribution in [2.75, 3.05) is 7.11 Å². The van der Waals surface area contributed by atoms with Crippen LogP contribution in [0.4, 0.5) is 0 Å². The Morgan fingerprint density at radius 1 is 1.05 bits per heavy atom. The standard InChI is InChI=1S/C16H17BrO2/c1-11-8-14(9-12(2)16(11)17)19-10-13-6-4-5-7-15(13)18-3/h4-9H,10H2,1-3H3. The maximum Gasteiger partial charge on any atom is 0.125 e. The fourth-order valence-corrected chi connectivity index (χ4v) is 2.20. The first-order valence-electron chi connectivity index (χ1n) is 6.13. The molecule has 0 heterocycles. The monoisotopic (exact) mass is 320 g/mol.